The van der Waals surface area contributed by atoms with E-state index in [1.54, 1.807) is 38.1 Å². The summed E-state index contributed by atoms with van der Waals surface area (Å²) in [6, 6.07) is 12.6. The SMILES string of the molecule is COc1nc(C)c(NC(=O)c2cccc(Oc3ccc(F)cc3)c2)c(C)n1. The lowest BCUT2D eigenvalue weighted by atomic mass is 10.2. The molecule has 27 heavy (non-hydrogen) atoms. The molecule has 2 aromatic carbocycles. The second-order valence-electron chi connectivity index (χ2n) is 5.79. The zero-order chi connectivity index (χ0) is 19.4. The number of amides is 1. The first kappa shape index (κ1) is 18.3. The second kappa shape index (κ2) is 7.82. The summed E-state index contributed by atoms with van der Waals surface area (Å²) < 4.78 is 23.7. The number of hydrogen-bond acceptors (Lipinski definition) is 5. The van der Waals surface area contributed by atoms with Crippen molar-refractivity contribution in [2.45, 2.75) is 13.8 Å². The van der Waals surface area contributed by atoms with E-state index in [2.05, 4.69) is 15.3 Å². The number of carbonyl (C=O) groups excluding carboxylic acids is 1. The fourth-order valence-corrected chi connectivity index (χ4v) is 2.48. The highest BCUT2D eigenvalue weighted by Crippen LogP contribution is 2.24. The molecule has 0 bridgehead atoms. The first-order valence-electron chi connectivity index (χ1n) is 8.20. The number of ether oxygens (including phenoxy) is 2. The highest BCUT2D eigenvalue weighted by molar-refractivity contribution is 6.05. The van der Waals surface area contributed by atoms with Gasteiger partial charge >= 0.3 is 6.01 Å². The molecule has 0 fully saturated rings. The Morgan fingerprint density at radius 1 is 1.00 bits per heavy atom. The fraction of sp³-hybridized carbons (Fsp3) is 0.150. The van der Waals surface area contributed by atoms with Gasteiger partial charge in [-0.15, -0.1) is 0 Å². The van der Waals surface area contributed by atoms with Crippen LogP contribution in [0.25, 0.3) is 0 Å². The molecular weight excluding hydrogens is 349 g/mol. The molecule has 3 rings (SSSR count). The monoisotopic (exact) mass is 367 g/mol. The van der Waals surface area contributed by atoms with Crippen LogP contribution < -0.4 is 14.8 Å². The number of benzene rings is 2. The van der Waals surface area contributed by atoms with Crippen molar-refractivity contribution in [2.24, 2.45) is 0 Å². The van der Waals surface area contributed by atoms with Gasteiger partial charge in [-0.1, -0.05) is 6.07 Å². The lowest BCUT2D eigenvalue weighted by Crippen LogP contribution is -2.15. The topological polar surface area (TPSA) is 73.3 Å². The summed E-state index contributed by atoms with van der Waals surface area (Å²) >= 11 is 0. The third-order valence-corrected chi connectivity index (χ3v) is 3.82. The Kier molecular flexibility index (Phi) is 5.30. The summed E-state index contributed by atoms with van der Waals surface area (Å²) in [4.78, 5) is 21.0. The number of nitrogens with zero attached hydrogens (tertiary/aromatic N) is 2. The number of nitrogens with one attached hydrogen (secondary N) is 1. The van der Waals surface area contributed by atoms with Gasteiger partial charge in [0.2, 0.25) is 0 Å². The van der Waals surface area contributed by atoms with Gasteiger partial charge in [-0.3, -0.25) is 4.79 Å². The van der Waals surface area contributed by atoms with Crippen molar-refractivity contribution in [2.75, 3.05) is 12.4 Å². The Bertz CT molecular complexity index is 951. The number of aryl methyl sites for hydroxylation is 2. The minimum Gasteiger partial charge on any atom is -0.467 e. The number of methoxy groups -OCH3 is 1. The van der Waals surface area contributed by atoms with Crippen molar-refractivity contribution in [1.29, 1.82) is 0 Å². The van der Waals surface area contributed by atoms with Gasteiger partial charge in [-0.2, -0.15) is 9.97 Å². The number of carbonyl (C=O) groups is 1. The van der Waals surface area contributed by atoms with Crippen LogP contribution in [0.5, 0.6) is 17.5 Å². The average Bonchev–Trinajstić information content (AvgIpc) is 2.66. The Morgan fingerprint density at radius 3 is 2.30 bits per heavy atom. The van der Waals surface area contributed by atoms with Crippen molar-refractivity contribution in [3.63, 3.8) is 0 Å². The molecule has 0 saturated carbocycles. The van der Waals surface area contributed by atoms with Gasteiger partial charge < -0.3 is 14.8 Å². The molecule has 3 aromatic rings. The smallest absolute Gasteiger partial charge is 0.316 e. The average molecular weight is 367 g/mol. The Hall–Kier alpha value is -3.48. The van der Waals surface area contributed by atoms with Crippen molar-refractivity contribution < 1.29 is 18.7 Å². The number of rotatable bonds is 5. The van der Waals surface area contributed by atoms with Gasteiger partial charge in [0, 0.05) is 5.56 Å². The standard InChI is InChI=1S/C20H18FN3O3/c1-12-18(13(2)23-20(22-12)26-3)24-19(25)14-5-4-6-17(11-14)27-16-9-7-15(21)8-10-16/h4-11H,1-3H3,(H,24,25). The summed E-state index contributed by atoms with van der Waals surface area (Å²) in [6.45, 7) is 3.53. The molecule has 1 amide bonds. The maximum Gasteiger partial charge on any atom is 0.316 e. The predicted octanol–water partition coefficient (Wildman–Crippen LogP) is 4.29. The zero-order valence-electron chi connectivity index (χ0n) is 15.1. The maximum atomic E-state index is 13.0. The molecule has 0 aliphatic rings. The van der Waals surface area contributed by atoms with E-state index in [4.69, 9.17) is 9.47 Å². The normalized spacial score (nSPS) is 10.4. The molecule has 0 atom stereocenters. The minimum atomic E-state index is -0.345. The van der Waals surface area contributed by atoms with Crippen LogP contribution in [0.4, 0.5) is 10.1 Å². The predicted molar refractivity (Wildman–Crippen MR) is 98.9 cm³/mol. The zero-order valence-corrected chi connectivity index (χ0v) is 15.1. The van der Waals surface area contributed by atoms with E-state index in [1.807, 2.05) is 0 Å². The lowest BCUT2D eigenvalue weighted by molar-refractivity contribution is 0.102. The van der Waals surface area contributed by atoms with E-state index in [-0.39, 0.29) is 17.7 Å². The third kappa shape index (κ3) is 4.38. The number of aromatic nitrogens is 2. The quantitative estimate of drug-likeness (QED) is 0.728. The van der Waals surface area contributed by atoms with Crippen molar-refractivity contribution >= 4 is 11.6 Å². The minimum absolute atomic E-state index is 0.248. The number of halogens is 1. The van der Waals surface area contributed by atoms with Gasteiger partial charge in [-0.05, 0) is 56.3 Å². The first-order chi connectivity index (χ1) is 13.0. The highest BCUT2D eigenvalue weighted by Gasteiger charge is 2.14. The molecule has 7 heteroatoms. The van der Waals surface area contributed by atoms with Crippen LogP contribution in [0.2, 0.25) is 0 Å². The Morgan fingerprint density at radius 2 is 1.67 bits per heavy atom. The molecule has 1 aromatic heterocycles. The molecule has 0 spiro atoms. The summed E-state index contributed by atoms with van der Waals surface area (Å²) in [5, 5.41) is 2.82. The molecule has 1 heterocycles. The van der Waals surface area contributed by atoms with Gasteiger partial charge in [0.1, 0.15) is 17.3 Å². The van der Waals surface area contributed by atoms with Crippen LogP contribution in [-0.2, 0) is 0 Å². The van der Waals surface area contributed by atoms with Gasteiger partial charge in [0.05, 0.1) is 24.2 Å². The third-order valence-electron chi connectivity index (χ3n) is 3.82. The van der Waals surface area contributed by atoms with E-state index in [1.165, 1.54) is 31.4 Å². The van der Waals surface area contributed by atoms with Gasteiger partial charge in [0.25, 0.3) is 5.91 Å². The van der Waals surface area contributed by atoms with E-state index < -0.39 is 0 Å². The maximum absolute atomic E-state index is 13.0. The highest BCUT2D eigenvalue weighted by atomic mass is 19.1. The van der Waals surface area contributed by atoms with Gasteiger partial charge in [0.15, 0.2) is 0 Å². The summed E-state index contributed by atoms with van der Waals surface area (Å²) in [5.41, 5.74) is 2.15. The van der Waals surface area contributed by atoms with Crippen LogP contribution >= 0.6 is 0 Å². The molecule has 1 N–H and O–H groups in total. The van der Waals surface area contributed by atoms with Crippen molar-refractivity contribution in [3.05, 3.63) is 71.3 Å². The van der Waals surface area contributed by atoms with Crippen molar-refractivity contribution in [1.82, 2.24) is 9.97 Å². The summed E-state index contributed by atoms with van der Waals surface area (Å²) in [5.74, 6) is 0.278. The second-order valence-corrected chi connectivity index (χ2v) is 5.79. The van der Waals surface area contributed by atoms with Crippen LogP contribution in [-0.4, -0.2) is 23.0 Å². The molecule has 0 aliphatic heterocycles. The molecule has 6 nitrogen and oxygen atoms in total. The van der Waals surface area contributed by atoms with E-state index in [0.29, 0.717) is 34.1 Å². The van der Waals surface area contributed by atoms with Crippen LogP contribution in [0, 0.1) is 19.7 Å². The van der Waals surface area contributed by atoms with E-state index in [9.17, 15) is 9.18 Å². The largest absolute Gasteiger partial charge is 0.467 e. The molecule has 0 aliphatic carbocycles. The number of hydrogen-bond donors (Lipinski definition) is 1. The Labute approximate surface area is 156 Å². The molecule has 0 radical (unpaired) electrons. The van der Waals surface area contributed by atoms with E-state index >= 15 is 0 Å². The van der Waals surface area contributed by atoms with Crippen LogP contribution in [0.3, 0.4) is 0 Å². The van der Waals surface area contributed by atoms with Gasteiger partial charge in [-0.25, -0.2) is 4.39 Å². The first-order valence-corrected chi connectivity index (χ1v) is 8.20. The summed E-state index contributed by atoms with van der Waals surface area (Å²) in [7, 11) is 1.49. The Balaban J connectivity index is 1.79. The molecular formula is C20H18FN3O3. The molecule has 0 saturated heterocycles. The summed E-state index contributed by atoms with van der Waals surface area (Å²) in [6.07, 6.45) is 0. The molecule has 0 unspecified atom stereocenters. The van der Waals surface area contributed by atoms with E-state index in [0.717, 1.165) is 0 Å². The molecule has 138 valence electrons. The fourth-order valence-electron chi connectivity index (χ4n) is 2.48. The van der Waals surface area contributed by atoms with Crippen molar-refractivity contribution in [3.8, 4) is 17.5 Å². The lowest BCUT2D eigenvalue weighted by Gasteiger charge is -2.12. The van der Waals surface area contributed by atoms with Crippen LogP contribution in [0.15, 0.2) is 48.5 Å². The van der Waals surface area contributed by atoms with Crippen LogP contribution in [0.1, 0.15) is 21.7 Å². The number of anilines is 1.